The Morgan fingerprint density at radius 3 is 2.50 bits per heavy atom. The Kier molecular flexibility index (Phi) is 6.24. The van der Waals surface area contributed by atoms with E-state index in [9.17, 15) is 4.79 Å². The average Bonchev–Trinajstić information content (AvgIpc) is 2.56. The molecule has 0 bridgehead atoms. The number of rotatable bonds is 7. The van der Waals surface area contributed by atoms with E-state index in [2.05, 4.69) is 24.5 Å². The van der Waals surface area contributed by atoms with Crippen LogP contribution < -0.4 is 15.4 Å². The van der Waals surface area contributed by atoms with Gasteiger partial charge in [-0.1, -0.05) is 38.1 Å². The van der Waals surface area contributed by atoms with Crippen molar-refractivity contribution in [2.75, 3.05) is 23.8 Å². The van der Waals surface area contributed by atoms with Crippen molar-refractivity contribution in [1.29, 1.82) is 0 Å². The molecule has 2 rings (SSSR count). The van der Waals surface area contributed by atoms with Crippen molar-refractivity contribution in [3.63, 3.8) is 0 Å². The number of carbonyl (C=O) groups excluding carboxylic acids is 1. The predicted octanol–water partition coefficient (Wildman–Crippen LogP) is 4.39. The van der Waals surface area contributed by atoms with Crippen LogP contribution in [0.25, 0.3) is 0 Å². The van der Waals surface area contributed by atoms with Crippen LogP contribution in [0.1, 0.15) is 25.0 Å². The lowest BCUT2D eigenvalue weighted by molar-refractivity contribution is -0.114. The van der Waals surface area contributed by atoms with Crippen molar-refractivity contribution in [1.82, 2.24) is 0 Å². The van der Waals surface area contributed by atoms with Crippen LogP contribution in [0.3, 0.4) is 0 Å². The number of aryl methyl sites for hydroxylation is 1. The minimum atomic E-state index is -0.0811. The van der Waals surface area contributed by atoms with Crippen molar-refractivity contribution < 1.29 is 9.53 Å². The van der Waals surface area contributed by atoms with Crippen molar-refractivity contribution in [3.05, 3.63) is 53.6 Å². The molecule has 1 amide bonds. The van der Waals surface area contributed by atoms with Crippen molar-refractivity contribution in [3.8, 4) is 5.75 Å². The molecule has 0 spiro atoms. The summed E-state index contributed by atoms with van der Waals surface area (Å²) in [6, 6.07) is 13.6. The lowest BCUT2D eigenvalue weighted by Gasteiger charge is -2.15. The van der Waals surface area contributed by atoms with Gasteiger partial charge in [-0.25, -0.2) is 0 Å². The number of hydrogen-bond acceptors (Lipinski definition) is 3. The first kappa shape index (κ1) is 17.9. The number of amides is 1. The summed E-state index contributed by atoms with van der Waals surface area (Å²) in [6.07, 6.45) is 0. The number of anilines is 2. The first-order chi connectivity index (χ1) is 11.5. The molecule has 0 unspecified atom stereocenters. The largest absolute Gasteiger partial charge is 0.491 e. The molecule has 2 N–H and O–H groups in total. The quantitative estimate of drug-likeness (QED) is 0.793. The Morgan fingerprint density at radius 1 is 1.04 bits per heavy atom. The smallest absolute Gasteiger partial charge is 0.243 e. The Hall–Kier alpha value is -2.49. The van der Waals surface area contributed by atoms with Crippen LogP contribution in [0, 0.1) is 19.8 Å². The zero-order valence-electron chi connectivity index (χ0n) is 14.8. The summed E-state index contributed by atoms with van der Waals surface area (Å²) in [7, 11) is 0. The maximum absolute atomic E-state index is 12.2. The zero-order valence-corrected chi connectivity index (χ0v) is 14.8. The molecule has 0 aromatic heterocycles. The average molecular weight is 326 g/mol. The summed E-state index contributed by atoms with van der Waals surface area (Å²) >= 11 is 0. The molecule has 128 valence electrons. The van der Waals surface area contributed by atoms with E-state index in [4.69, 9.17) is 4.74 Å². The van der Waals surface area contributed by atoms with Gasteiger partial charge in [-0.05, 0) is 49.1 Å². The van der Waals surface area contributed by atoms with Crippen LogP contribution in [-0.2, 0) is 4.79 Å². The second kappa shape index (κ2) is 8.39. The topological polar surface area (TPSA) is 50.4 Å². The van der Waals surface area contributed by atoms with E-state index in [1.807, 2.05) is 56.3 Å². The summed E-state index contributed by atoms with van der Waals surface area (Å²) < 4.78 is 5.79. The van der Waals surface area contributed by atoms with E-state index in [1.54, 1.807) is 0 Å². The van der Waals surface area contributed by atoms with Gasteiger partial charge >= 0.3 is 0 Å². The SMILES string of the molecule is Cc1cccc(NC(=O)CNc2ccccc2OCC(C)C)c1C. The highest BCUT2D eigenvalue weighted by Gasteiger charge is 2.08. The van der Waals surface area contributed by atoms with Gasteiger partial charge in [0.1, 0.15) is 5.75 Å². The molecular formula is C20H26N2O2. The van der Waals surface area contributed by atoms with Crippen molar-refractivity contribution in [2.24, 2.45) is 5.92 Å². The molecule has 2 aromatic carbocycles. The molecule has 24 heavy (non-hydrogen) atoms. The highest BCUT2D eigenvalue weighted by atomic mass is 16.5. The number of hydrogen-bond donors (Lipinski definition) is 2. The Labute approximate surface area is 144 Å². The lowest BCUT2D eigenvalue weighted by Crippen LogP contribution is -2.22. The monoisotopic (exact) mass is 326 g/mol. The number of para-hydroxylation sites is 2. The molecule has 0 radical (unpaired) electrons. The molecule has 0 aliphatic heterocycles. The van der Waals surface area contributed by atoms with Crippen LogP contribution in [-0.4, -0.2) is 19.1 Å². The molecule has 4 heteroatoms. The van der Waals surface area contributed by atoms with E-state index < -0.39 is 0 Å². The van der Waals surface area contributed by atoms with Gasteiger partial charge in [0.15, 0.2) is 0 Å². The minimum absolute atomic E-state index is 0.0811. The third kappa shape index (κ3) is 5.01. The summed E-state index contributed by atoms with van der Waals surface area (Å²) in [5.74, 6) is 1.14. The van der Waals surface area contributed by atoms with Crippen LogP contribution in [0.2, 0.25) is 0 Å². The number of carbonyl (C=O) groups is 1. The molecule has 0 aliphatic carbocycles. The highest BCUT2D eigenvalue weighted by molar-refractivity contribution is 5.94. The van der Waals surface area contributed by atoms with Gasteiger partial charge in [0.25, 0.3) is 0 Å². The first-order valence-electron chi connectivity index (χ1n) is 8.29. The van der Waals surface area contributed by atoms with Crippen molar-refractivity contribution in [2.45, 2.75) is 27.7 Å². The van der Waals surface area contributed by atoms with E-state index in [0.29, 0.717) is 12.5 Å². The molecule has 0 saturated heterocycles. The van der Waals surface area contributed by atoms with Gasteiger partial charge < -0.3 is 15.4 Å². The van der Waals surface area contributed by atoms with Crippen LogP contribution in [0.4, 0.5) is 11.4 Å². The minimum Gasteiger partial charge on any atom is -0.491 e. The summed E-state index contributed by atoms with van der Waals surface area (Å²) in [6.45, 7) is 9.09. The van der Waals surface area contributed by atoms with Crippen LogP contribution in [0.15, 0.2) is 42.5 Å². The molecule has 0 fully saturated rings. The fourth-order valence-corrected chi connectivity index (χ4v) is 2.25. The molecule has 0 heterocycles. The zero-order chi connectivity index (χ0) is 17.5. The van der Waals surface area contributed by atoms with Crippen molar-refractivity contribution >= 4 is 17.3 Å². The predicted molar refractivity (Wildman–Crippen MR) is 99.8 cm³/mol. The molecule has 4 nitrogen and oxygen atoms in total. The molecular weight excluding hydrogens is 300 g/mol. The number of benzene rings is 2. The van der Waals surface area contributed by atoms with Gasteiger partial charge in [-0.2, -0.15) is 0 Å². The fraction of sp³-hybridized carbons (Fsp3) is 0.350. The summed E-state index contributed by atoms with van der Waals surface area (Å²) in [5.41, 5.74) is 3.93. The molecule has 0 aliphatic rings. The lowest BCUT2D eigenvalue weighted by atomic mass is 10.1. The fourth-order valence-electron chi connectivity index (χ4n) is 2.25. The van der Waals surface area contributed by atoms with Gasteiger partial charge in [-0.15, -0.1) is 0 Å². The van der Waals surface area contributed by atoms with Crippen LogP contribution in [0.5, 0.6) is 5.75 Å². The second-order valence-electron chi connectivity index (χ2n) is 6.35. The Balaban J connectivity index is 1.95. The Morgan fingerprint density at radius 2 is 1.75 bits per heavy atom. The Bertz CT molecular complexity index is 696. The molecule has 0 saturated carbocycles. The number of ether oxygens (including phenoxy) is 1. The summed E-state index contributed by atoms with van der Waals surface area (Å²) in [5, 5.41) is 6.10. The third-order valence-corrected chi connectivity index (χ3v) is 3.78. The summed E-state index contributed by atoms with van der Waals surface area (Å²) in [4.78, 5) is 12.2. The van der Waals surface area contributed by atoms with Crippen LogP contribution >= 0.6 is 0 Å². The van der Waals surface area contributed by atoms with Gasteiger partial charge in [0.2, 0.25) is 5.91 Å². The highest BCUT2D eigenvalue weighted by Crippen LogP contribution is 2.24. The van der Waals surface area contributed by atoms with Gasteiger partial charge in [-0.3, -0.25) is 4.79 Å². The number of nitrogens with one attached hydrogen (secondary N) is 2. The molecule has 0 atom stereocenters. The first-order valence-corrected chi connectivity index (χ1v) is 8.29. The molecule has 2 aromatic rings. The van der Waals surface area contributed by atoms with E-state index in [1.165, 1.54) is 0 Å². The second-order valence-corrected chi connectivity index (χ2v) is 6.35. The van der Waals surface area contributed by atoms with E-state index in [0.717, 1.165) is 28.3 Å². The standard InChI is InChI=1S/C20H26N2O2/c1-14(2)13-24-19-11-6-5-9-18(19)21-12-20(23)22-17-10-7-8-15(3)16(17)4/h5-11,14,21H,12-13H2,1-4H3,(H,22,23). The van der Waals surface area contributed by atoms with Gasteiger partial charge in [0, 0.05) is 5.69 Å². The van der Waals surface area contributed by atoms with Gasteiger partial charge in [0.05, 0.1) is 18.8 Å². The maximum atomic E-state index is 12.2. The third-order valence-electron chi connectivity index (χ3n) is 3.78. The van der Waals surface area contributed by atoms with E-state index in [-0.39, 0.29) is 12.5 Å². The normalized spacial score (nSPS) is 10.5. The van der Waals surface area contributed by atoms with E-state index >= 15 is 0 Å². The maximum Gasteiger partial charge on any atom is 0.243 e.